The molecular formula is C18H14F14O6S. The van der Waals surface area contributed by atoms with E-state index in [4.69, 9.17) is 5.26 Å². The van der Waals surface area contributed by atoms with Crippen molar-refractivity contribution < 1.29 is 90.4 Å². The number of esters is 1. The predicted octanol–water partition coefficient (Wildman–Crippen LogP) is 6.15. The fourth-order valence-corrected chi connectivity index (χ4v) is 5.78. The average molecular weight is 624 g/mol. The van der Waals surface area contributed by atoms with Gasteiger partial charge in [0.25, 0.3) is 0 Å². The number of carbonyl (C=O) groups excluding carboxylic acids is 2. The van der Waals surface area contributed by atoms with Crippen LogP contribution in [0.25, 0.3) is 0 Å². The Labute approximate surface area is 211 Å². The van der Waals surface area contributed by atoms with Crippen molar-refractivity contribution in [2.45, 2.75) is 78.5 Å². The number of Topliss-reactive ketones (excluding diaryl/α,β-unsaturated/α-hetero) is 1. The van der Waals surface area contributed by atoms with Crippen molar-refractivity contribution in [2.24, 2.45) is 17.8 Å². The van der Waals surface area contributed by atoms with Gasteiger partial charge in [-0.2, -0.15) is 57.1 Å². The molecule has 1 N–H and O–H groups in total. The molecule has 4 aliphatic rings. The summed E-state index contributed by atoms with van der Waals surface area (Å²) in [5.41, 5.74) is -2.03. The normalized spacial score (nSPS) is 29.9. The molecule has 3 atom stereocenters. The molecule has 0 spiro atoms. The summed E-state index contributed by atoms with van der Waals surface area (Å²) in [5.74, 6) is -46.4. The Morgan fingerprint density at radius 1 is 0.744 bits per heavy atom. The van der Waals surface area contributed by atoms with E-state index < -0.39 is 95.0 Å². The number of hydrogen-bond donors (Lipinski definition) is 1. The van der Waals surface area contributed by atoms with Crippen LogP contribution in [0.15, 0.2) is 0 Å². The van der Waals surface area contributed by atoms with Crippen molar-refractivity contribution in [3.63, 3.8) is 0 Å². The van der Waals surface area contributed by atoms with Crippen LogP contribution in [0.2, 0.25) is 0 Å². The highest BCUT2D eigenvalue weighted by atomic mass is 32.2. The first-order valence-corrected chi connectivity index (χ1v) is 11.2. The lowest BCUT2D eigenvalue weighted by Crippen LogP contribution is -2.74. The second kappa shape index (κ2) is 9.20. The van der Waals surface area contributed by atoms with Crippen LogP contribution < -0.4 is 0 Å². The zero-order valence-electron chi connectivity index (χ0n) is 18.5. The Bertz CT molecular complexity index is 985. The van der Waals surface area contributed by atoms with E-state index in [1.807, 2.05) is 0 Å². The lowest BCUT2D eigenvalue weighted by molar-refractivity contribution is -0.446. The first-order chi connectivity index (χ1) is 17.4. The van der Waals surface area contributed by atoms with Crippen LogP contribution in [0, 0.1) is 17.8 Å². The molecule has 4 aliphatic carbocycles. The Hall–Kier alpha value is -1.61. The summed E-state index contributed by atoms with van der Waals surface area (Å²) < 4.78 is 199. The van der Waals surface area contributed by atoms with Crippen LogP contribution in [-0.2, 0) is 23.7 Å². The SMILES string of the molecule is O=C1C2CC3CC1CC(OC(=O)C(F)(SOOO)C(F)(F)C(F)(F)C(F)(F)C(F)(F)C(F)(F)C(F)(F)F)(C3)C2. The fourth-order valence-electron chi connectivity index (χ4n) is 5.31. The molecule has 0 amide bonds. The Kier molecular flexibility index (Phi) is 7.53. The molecule has 3 unspecified atom stereocenters. The molecule has 0 saturated heterocycles. The summed E-state index contributed by atoms with van der Waals surface area (Å²) >= 11 is -2.06. The summed E-state index contributed by atoms with van der Waals surface area (Å²) in [4.78, 5) is 24.7. The molecule has 4 rings (SSSR count). The minimum atomic E-state index is -8.41. The Morgan fingerprint density at radius 2 is 1.18 bits per heavy atom. The van der Waals surface area contributed by atoms with Crippen LogP contribution >= 0.6 is 12.0 Å². The van der Waals surface area contributed by atoms with Gasteiger partial charge in [-0.1, -0.05) is 5.04 Å². The number of halogens is 14. The highest BCUT2D eigenvalue weighted by Crippen LogP contribution is 2.64. The third-order valence-electron chi connectivity index (χ3n) is 7.03. The van der Waals surface area contributed by atoms with Crippen molar-refractivity contribution in [2.75, 3.05) is 0 Å². The van der Waals surface area contributed by atoms with Gasteiger partial charge in [0.15, 0.2) is 0 Å². The van der Waals surface area contributed by atoms with E-state index in [1.54, 1.807) is 0 Å². The van der Waals surface area contributed by atoms with Gasteiger partial charge in [0.2, 0.25) is 0 Å². The maximum Gasteiger partial charge on any atom is 0.460 e. The molecule has 21 heteroatoms. The van der Waals surface area contributed by atoms with Crippen molar-refractivity contribution in [1.29, 1.82) is 0 Å². The van der Waals surface area contributed by atoms with E-state index in [-0.39, 0.29) is 25.0 Å². The topological polar surface area (TPSA) is 82.1 Å². The van der Waals surface area contributed by atoms with Gasteiger partial charge in [0.1, 0.15) is 11.4 Å². The molecule has 0 aromatic rings. The molecule has 4 saturated carbocycles. The summed E-state index contributed by atoms with van der Waals surface area (Å²) in [7, 11) is 0. The molecule has 0 aliphatic heterocycles. The van der Waals surface area contributed by atoms with Gasteiger partial charge in [-0.3, -0.25) is 4.79 Å². The van der Waals surface area contributed by atoms with Crippen LogP contribution in [0.3, 0.4) is 0 Å². The van der Waals surface area contributed by atoms with Gasteiger partial charge < -0.3 is 4.74 Å². The molecule has 0 heterocycles. The highest BCUT2D eigenvalue weighted by Gasteiger charge is 2.94. The summed E-state index contributed by atoms with van der Waals surface area (Å²) in [5, 5.41) is 4.56. The number of alkyl halides is 14. The molecule has 4 fully saturated rings. The minimum absolute atomic E-state index is 0.217. The Balaban J connectivity index is 2.03. The van der Waals surface area contributed by atoms with Gasteiger partial charge in [-0.25, -0.2) is 14.4 Å². The quantitative estimate of drug-likeness (QED) is 0.103. The van der Waals surface area contributed by atoms with E-state index >= 15 is 4.39 Å². The summed E-state index contributed by atoms with van der Waals surface area (Å²) in [6.45, 7) is 0. The monoisotopic (exact) mass is 624 g/mol. The number of hydrogen-bond acceptors (Lipinski definition) is 7. The minimum Gasteiger partial charge on any atom is -0.456 e. The standard InChI is InChI=1S/C18H14F14O6S/c19-12(39-38-37-35,10(34)36-11-3-6-1-7(4-11)9(33)8(2-6)5-11)13(20,21)14(22,23)15(24,25)16(26,27)17(28,29)18(30,31)32/h6-8,35H,1-5H2. The largest absolute Gasteiger partial charge is 0.460 e. The van der Waals surface area contributed by atoms with E-state index in [9.17, 15) is 66.7 Å². The smallest absolute Gasteiger partial charge is 0.456 e. The predicted molar refractivity (Wildman–Crippen MR) is 94.4 cm³/mol. The maximum atomic E-state index is 15.3. The number of rotatable bonds is 10. The fraction of sp³-hybridized carbons (Fsp3) is 0.889. The van der Waals surface area contributed by atoms with E-state index in [1.165, 1.54) is 0 Å². The van der Waals surface area contributed by atoms with Crippen molar-refractivity contribution >= 4 is 23.8 Å². The van der Waals surface area contributed by atoms with Crippen molar-refractivity contribution in [3.05, 3.63) is 0 Å². The van der Waals surface area contributed by atoms with Gasteiger partial charge in [-0.05, 0) is 38.0 Å². The summed E-state index contributed by atoms with van der Waals surface area (Å²) in [6, 6.07) is 0. The van der Waals surface area contributed by atoms with E-state index in [0.29, 0.717) is 0 Å². The van der Waals surface area contributed by atoms with Crippen molar-refractivity contribution in [3.8, 4) is 0 Å². The lowest BCUT2D eigenvalue weighted by atomic mass is 9.53. The summed E-state index contributed by atoms with van der Waals surface area (Å²) in [6.07, 6.45) is -8.49. The molecule has 0 aromatic heterocycles. The lowest BCUT2D eigenvalue weighted by Gasteiger charge is -2.55. The van der Waals surface area contributed by atoms with Crippen LogP contribution in [0.4, 0.5) is 61.5 Å². The third kappa shape index (κ3) is 4.36. The van der Waals surface area contributed by atoms with E-state index in [2.05, 4.69) is 14.1 Å². The zero-order chi connectivity index (χ0) is 30.3. The molecule has 4 bridgehead atoms. The van der Waals surface area contributed by atoms with E-state index in [0.717, 1.165) is 0 Å². The first-order valence-electron chi connectivity index (χ1n) is 10.4. The van der Waals surface area contributed by atoms with Crippen LogP contribution in [-0.4, -0.2) is 63.4 Å². The third-order valence-corrected chi connectivity index (χ3v) is 7.81. The maximum absolute atomic E-state index is 15.3. The highest BCUT2D eigenvalue weighted by molar-refractivity contribution is 7.96. The number of carbonyl (C=O) groups is 2. The molecule has 39 heavy (non-hydrogen) atoms. The van der Waals surface area contributed by atoms with Gasteiger partial charge >= 0.3 is 46.8 Å². The molecule has 0 radical (unpaired) electrons. The van der Waals surface area contributed by atoms with Crippen LogP contribution in [0.1, 0.15) is 32.1 Å². The van der Waals surface area contributed by atoms with Gasteiger partial charge in [0, 0.05) is 11.8 Å². The molecule has 6 nitrogen and oxygen atoms in total. The molecule has 0 aromatic carbocycles. The Morgan fingerprint density at radius 3 is 1.62 bits per heavy atom. The molecular weight excluding hydrogens is 610 g/mol. The van der Waals surface area contributed by atoms with Gasteiger partial charge in [0.05, 0.1) is 12.0 Å². The molecule has 226 valence electrons. The van der Waals surface area contributed by atoms with Gasteiger partial charge in [-0.15, -0.1) is 4.33 Å². The second-order valence-corrected chi connectivity index (χ2v) is 10.4. The number of ketones is 1. The number of ether oxygens (including phenoxy) is 1. The average Bonchev–Trinajstić information content (AvgIpc) is 2.78. The van der Waals surface area contributed by atoms with Crippen molar-refractivity contribution in [1.82, 2.24) is 0 Å². The first kappa shape index (κ1) is 31.9. The van der Waals surface area contributed by atoms with Crippen LogP contribution in [0.5, 0.6) is 0 Å². The zero-order valence-corrected chi connectivity index (χ0v) is 19.3. The second-order valence-electron chi connectivity index (χ2n) is 9.51.